The van der Waals surface area contributed by atoms with Crippen molar-refractivity contribution in [1.29, 1.82) is 0 Å². The summed E-state index contributed by atoms with van der Waals surface area (Å²) in [6.45, 7) is 2.36. The van der Waals surface area contributed by atoms with E-state index >= 15 is 0 Å². The summed E-state index contributed by atoms with van der Waals surface area (Å²) in [7, 11) is 0. The summed E-state index contributed by atoms with van der Waals surface area (Å²) in [4.78, 5) is 22.9. The molecule has 1 aliphatic rings. The van der Waals surface area contributed by atoms with E-state index in [0.717, 1.165) is 11.3 Å². The third-order valence-electron chi connectivity index (χ3n) is 4.04. The molecule has 0 spiro atoms. The number of carbonyl (C=O) groups excluding carboxylic acids is 1. The Hall–Kier alpha value is -2.89. The molecule has 1 amide bonds. The van der Waals surface area contributed by atoms with E-state index in [1.54, 1.807) is 12.1 Å². The highest BCUT2D eigenvalue weighted by Gasteiger charge is 2.30. The number of para-hydroxylation sites is 2. The molecule has 2 aromatic rings. The molecule has 0 saturated heterocycles. The Balaban J connectivity index is 1.78. The number of hydrogen-bond acceptors (Lipinski definition) is 4. The fraction of sp³-hybridized carbons (Fsp3) is 0.235. The van der Waals surface area contributed by atoms with E-state index in [4.69, 9.17) is 4.74 Å². The van der Waals surface area contributed by atoms with Crippen LogP contribution in [0.15, 0.2) is 48.5 Å². The number of ether oxygens (including phenoxy) is 1. The molecule has 0 unspecified atom stereocenters. The van der Waals surface area contributed by atoms with E-state index in [0.29, 0.717) is 6.61 Å². The van der Waals surface area contributed by atoms with Gasteiger partial charge in [-0.05, 0) is 19.1 Å². The van der Waals surface area contributed by atoms with Gasteiger partial charge in [0.2, 0.25) is 0 Å². The molecule has 1 aliphatic heterocycles. The van der Waals surface area contributed by atoms with Crippen molar-refractivity contribution in [1.82, 2.24) is 5.32 Å². The molecule has 0 aromatic heterocycles. The Morgan fingerprint density at radius 1 is 1.26 bits per heavy atom. The molecular weight excluding hydrogens is 296 g/mol. The lowest BCUT2D eigenvalue weighted by Gasteiger charge is -2.20. The fourth-order valence-electron chi connectivity index (χ4n) is 2.81. The Labute approximate surface area is 133 Å². The molecule has 0 saturated carbocycles. The average Bonchev–Trinajstić information content (AvgIpc) is 2.98. The lowest BCUT2D eigenvalue weighted by atomic mass is 9.94. The zero-order chi connectivity index (χ0) is 16.4. The van der Waals surface area contributed by atoms with Gasteiger partial charge in [-0.1, -0.05) is 30.3 Å². The fourth-order valence-corrected chi connectivity index (χ4v) is 2.81. The van der Waals surface area contributed by atoms with Crippen molar-refractivity contribution in [2.45, 2.75) is 18.9 Å². The van der Waals surface area contributed by atoms with Gasteiger partial charge in [0.1, 0.15) is 11.3 Å². The predicted molar refractivity (Wildman–Crippen MR) is 84.7 cm³/mol. The molecule has 0 aliphatic carbocycles. The highest BCUT2D eigenvalue weighted by molar-refractivity contribution is 5.98. The minimum absolute atomic E-state index is 0.0259. The number of rotatable bonds is 4. The Kier molecular flexibility index (Phi) is 3.97. The van der Waals surface area contributed by atoms with Crippen LogP contribution in [0.25, 0.3) is 0 Å². The van der Waals surface area contributed by atoms with Crippen LogP contribution in [0.4, 0.5) is 5.69 Å². The van der Waals surface area contributed by atoms with Crippen LogP contribution in [0.3, 0.4) is 0 Å². The standard InChI is InChI=1S/C17H16N2O4/c1-11(14-10-23-16-9-5-3-6-12(14)16)18-17(20)13-7-2-4-8-15(13)19(21)22/h2-9,11,14H,10H2,1H3,(H,18,20)/t11-,14-/m0/s1. The molecule has 2 aromatic carbocycles. The molecular formula is C17H16N2O4. The van der Waals surface area contributed by atoms with Crippen LogP contribution in [0.1, 0.15) is 28.8 Å². The Morgan fingerprint density at radius 2 is 1.96 bits per heavy atom. The second kappa shape index (κ2) is 6.08. The number of amides is 1. The molecule has 118 valence electrons. The summed E-state index contributed by atoms with van der Waals surface area (Å²) < 4.78 is 5.62. The summed E-state index contributed by atoms with van der Waals surface area (Å²) in [5.41, 5.74) is 0.916. The molecule has 1 N–H and O–H groups in total. The minimum Gasteiger partial charge on any atom is -0.493 e. The van der Waals surface area contributed by atoms with Crippen molar-refractivity contribution < 1.29 is 14.5 Å². The van der Waals surface area contributed by atoms with Gasteiger partial charge in [-0.3, -0.25) is 14.9 Å². The minimum atomic E-state index is -0.548. The molecule has 3 rings (SSSR count). The number of hydrogen-bond donors (Lipinski definition) is 1. The van der Waals surface area contributed by atoms with Crippen LogP contribution in [0, 0.1) is 10.1 Å². The van der Waals surface area contributed by atoms with Crippen molar-refractivity contribution in [2.75, 3.05) is 6.61 Å². The summed E-state index contributed by atoms with van der Waals surface area (Å²) in [5, 5.41) is 13.9. The van der Waals surface area contributed by atoms with Gasteiger partial charge in [-0.2, -0.15) is 0 Å². The smallest absolute Gasteiger partial charge is 0.282 e. The summed E-state index contributed by atoms with van der Waals surface area (Å²) >= 11 is 0. The maximum Gasteiger partial charge on any atom is 0.282 e. The number of nitrogens with one attached hydrogen (secondary N) is 1. The van der Waals surface area contributed by atoms with E-state index in [1.807, 2.05) is 31.2 Å². The van der Waals surface area contributed by atoms with Gasteiger partial charge in [0.25, 0.3) is 11.6 Å². The zero-order valence-electron chi connectivity index (χ0n) is 12.6. The number of nitro groups is 1. The third-order valence-corrected chi connectivity index (χ3v) is 4.04. The van der Waals surface area contributed by atoms with Crippen molar-refractivity contribution in [3.05, 3.63) is 69.8 Å². The second-order valence-electron chi connectivity index (χ2n) is 5.49. The summed E-state index contributed by atoms with van der Waals surface area (Å²) in [6, 6.07) is 13.4. The number of nitro benzene ring substituents is 1. The van der Waals surface area contributed by atoms with Crippen LogP contribution in [0.5, 0.6) is 5.75 Å². The summed E-state index contributed by atoms with van der Waals surface area (Å²) in [5.74, 6) is 0.399. The van der Waals surface area contributed by atoms with E-state index in [9.17, 15) is 14.9 Å². The quantitative estimate of drug-likeness (QED) is 0.695. The predicted octanol–water partition coefficient (Wildman–Crippen LogP) is 2.89. The normalized spacial score (nSPS) is 17.0. The van der Waals surface area contributed by atoms with Gasteiger partial charge in [-0.15, -0.1) is 0 Å². The van der Waals surface area contributed by atoms with Gasteiger partial charge in [0.15, 0.2) is 0 Å². The third kappa shape index (κ3) is 2.88. The maximum atomic E-state index is 12.4. The van der Waals surface area contributed by atoms with Crippen molar-refractivity contribution in [3.63, 3.8) is 0 Å². The maximum absolute atomic E-state index is 12.4. The first kappa shape index (κ1) is 15.0. The Morgan fingerprint density at radius 3 is 2.74 bits per heavy atom. The van der Waals surface area contributed by atoms with Crippen molar-refractivity contribution >= 4 is 11.6 Å². The van der Waals surface area contributed by atoms with Gasteiger partial charge >= 0.3 is 0 Å². The largest absolute Gasteiger partial charge is 0.493 e. The highest BCUT2D eigenvalue weighted by atomic mass is 16.6. The molecule has 0 radical (unpaired) electrons. The number of carbonyl (C=O) groups is 1. The molecule has 1 heterocycles. The van der Waals surface area contributed by atoms with Crippen molar-refractivity contribution in [3.8, 4) is 5.75 Å². The van der Waals surface area contributed by atoms with Crippen LogP contribution < -0.4 is 10.1 Å². The lowest BCUT2D eigenvalue weighted by Crippen LogP contribution is -2.37. The number of benzene rings is 2. The van der Waals surface area contributed by atoms with Crippen LogP contribution in [0.2, 0.25) is 0 Å². The molecule has 0 bridgehead atoms. The van der Waals surface area contributed by atoms with Gasteiger partial charge in [0.05, 0.1) is 11.5 Å². The van der Waals surface area contributed by atoms with E-state index in [-0.39, 0.29) is 23.2 Å². The van der Waals surface area contributed by atoms with Crippen molar-refractivity contribution in [2.24, 2.45) is 0 Å². The number of nitrogens with zero attached hydrogens (tertiary/aromatic N) is 1. The van der Waals surface area contributed by atoms with Crippen LogP contribution in [-0.4, -0.2) is 23.5 Å². The molecule has 23 heavy (non-hydrogen) atoms. The van der Waals surface area contributed by atoms with E-state index in [1.165, 1.54) is 12.1 Å². The molecule has 0 fully saturated rings. The topological polar surface area (TPSA) is 81.5 Å². The first-order chi connectivity index (χ1) is 11.1. The zero-order valence-corrected chi connectivity index (χ0v) is 12.6. The molecule has 2 atom stereocenters. The lowest BCUT2D eigenvalue weighted by molar-refractivity contribution is -0.385. The van der Waals surface area contributed by atoms with Crippen LogP contribution in [-0.2, 0) is 0 Å². The first-order valence-electron chi connectivity index (χ1n) is 7.34. The second-order valence-corrected chi connectivity index (χ2v) is 5.49. The highest BCUT2D eigenvalue weighted by Crippen LogP contribution is 2.35. The van der Waals surface area contributed by atoms with Gasteiger partial charge < -0.3 is 10.1 Å². The van der Waals surface area contributed by atoms with E-state index in [2.05, 4.69) is 5.32 Å². The Bertz CT molecular complexity index is 760. The SMILES string of the molecule is C[C@H](NC(=O)c1ccccc1[N+](=O)[O-])[C@@H]1COc2ccccc21. The monoisotopic (exact) mass is 312 g/mol. The van der Waals surface area contributed by atoms with Crippen LogP contribution >= 0.6 is 0 Å². The number of fused-ring (bicyclic) bond motifs is 1. The molecule has 6 heteroatoms. The average molecular weight is 312 g/mol. The summed E-state index contributed by atoms with van der Waals surface area (Å²) in [6.07, 6.45) is 0. The van der Waals surface area contributed by atoms with Gasteiger partial charge in [-0.25, -0.2) is 0 Å². The molecule has 6 nitrogen and oxygen atoms in total. The first-order valence-corrected chi connectivity index (χ1v) is 7.34. The van der Waals surface area contributed by atoms with E-state index < -0.39 is 10.8 Å². The van der Waals surface area contributed by atoms with Gasteiger partial charge in [0, 0.05) is 23.6 Å².